The second-order valence-electron chi connectivity index (χ2n) is 5.83. The maximum absolute atomic E-state index is 12.5. The zero-order chi connectivity index (χ0) is 14.9. The van der Waals surface area contributed by atoms with Gasteiger partial charge < -0.3 is 10.0 Å². The number of amides is 1. The van der Waals surface area contributed by atoms with Crippen molar-refractivity contribution in [2.45, 2.75) is 51.1 Å². The van der Waals surface area contributed by atoms with Gasteiger partial charge in [-0.1, -0.05) is 12.8 Å². The van der Waals surface area contributed by atoms with Crippen molar-refractivity contribution < 1.29 is 14.7 Å². The summed E-state index contributed by atoms with van der Waals surface area (Å²) in [5, 5.41) is 13.5. The van der Waals surface area contributed by atoms with E-state index in [9.17, 15) is 14.7 Å². The number of likely N-dealkylation sites (N-methyl/N-ethyl adjacent to an activating group) is 1. The molecule has 1 aliphatic rings. The standard InChI is InChI=1S/C14H21N3O3/c1-14(2,13(19)20)16(3)12(18)11-8-9-15-17(11)10-6-4-5-7-10/h8-10H,4-7H2,1-3H3,(H,19,20). The molecule has 1 aliphatic carbocycles. The number of aliphatic carboxylic acids is 1. The fourth-order valence-corrected chi connectivity index (χ4v) is 2.49. The van der Waals surface area contributed by atoms with Crippen molar-refractivity contribution in [1.82, 2.24) is 14.7 Å². The van der Waals surface area contributed by atoms with Gasteiger partial charge in [-0.15, -0.1) is 0 Å². The molecule has 1 heterocycles. The van der Waals surface area contributed by atoms with Crippen LogP contribution >= 0.6 is 0 Å². The van der Waals surface area contributed by atoms with Gasteiger partial charge in [0.1, 0.15) is 11.2 Å². The average Bonchev–Trinajstić information content (AvgIpc) is 3.06. The van der Waals surface area contributed by atoms with Crippen LogP contribution in [0.5, 0.6) is 0 Å². The van der Waals surface area contributed by atoms with Crippen LogP contribution in [-0.2, 0) is 4.79 Å². The summed E-state index contributed by atoms with van der Waals surface area (Å²) in [6.07, 6.45) is 5.94. The summed E-state index contributed by atoms with van der Waals surface area (Å²) in [5.41, 5.74) is -0.782. The van der Waals surface area contributed by atoms with Crippen LogP contribution in [0.3, 0.4) is 0 Å². The Hall–Kier alpha value is -1.85. The lowest BCUT2D eigenvalue weighted by atomic mass is 10.0. The molecule has 1 fully saturated rings. The molecule has 1 aromatic heterocycles. The number of carbonyl (C=O) groups is 2. The quantitative estimate of drug-likeness (QED) is 0.913. The van der Waals surface area contributed by atoms with E-state index in [4.69, 9.17) is 0 Å². The number of hydrogen-bond donors (Lipinski definition) is 1. The number of carboxylic acids is 1. The summed E-state index contributed by atoms with van der Waals surface area (Å²) in [6, 6.07) is 1.92. The van der Waals surface area contributed by atoms with Crippen LogP contribution < -0.4 is 0 Å². The van der Waals surface area contributed by atoms with Crippen molar-refractivity contribution in [1.29, 1.82) is 0 Å². The summed E-state index contributed by atoms with van der Waals surface area (Å²) in [4.78, 5) is 25.1. The zero-order valence-corrected chi connectivity index (χ0v) is 12.2. The first-order chi connectivity index (χ1) is 9.35. The van der Waals surface area contributed by atoms with Gasteiger partial charge in [-0.2, -0.15) is 5.10 Å². The molecule has 1 N–H and O–H groups in total. The van der Waals surface area contributed by atoms with Crippen LogP contribution in [-0.4, -0.2) is 44.3 Å². The van der Waals surface area contributed by atoms with Gasteiger partial charge in [0, 0.05) is 13.2 Å². The lowest BCUT2D eigenvalue weighted by molar-refractivity contribution is -0.147. The number of carbonyl (C=O) groups excluding carboxylic acids is 1. The summed E-state index contributed by atoms with van der Waals surface area (Å²) in [6.45, 7) is 3.03. The van der Waals surface area contributed by atoms with Crippen LogP contribution in [0.2, 0.25) is 0 Å². The summed E-state index contributed by atoms with van der Waals surface area (Å²) in [7, 11) is 1.52. The van der Waals surface area contributed by atoms with Crippen molar-refractivity contribution in [3.8, 4) is 0 Å². The molecule has 1 saturated carbocycles. The van der Waals surface area contributed by atoms with E-state index >= 15 is 0 Å². The summed E-state index contributed by atoms with van der Waals surface area (Å²) >= 11 is 0. The molecular formula is C14H21N3O3. The van der Waals surface area contributed by atoms with Gasteiger partial charge in [-0.25, -0.2) is 4.79 Å². The van der Waals surface area contributed by atoms with E-state index in [1.54, 1.807) is 16.9 Å². The maximum Gasteiger partial charge on any atom is 0.329 e. The van der Waals surface area contributed by atoms with Crippen molar-refractivity contribution in [2.75, 3.05) is 7.05 Å². The molecule has 2 rings (SSSR count). The minimum Gasteiger partial charge on any atom is -0.480 e. The van der Waals surface area contributed by atoms with Crippen LogP contribution in [0, 0.1) is 0 Å². The van der Waals surface area contributed by atoms with E-state index < -0.39 is 11.5 Å². The molecule has 6 heteroatoms. The highest BCUT2D eigenvalue weighted by atomic mass is 16.4. The van der Waals surface area contributed by atoms with Gasteiger partial charge in [-0.05, 0) is 32.8 Å². The largest absolute Gasteiger partial charge is 0.480 e. The molecule has 0 atom stereocenters. The Morgan fingerprint density at radius 2 is 2.00 bits per heavy atom. The molecule has 1 amide bonds. The average molecular weight is 279 g/mol. The molecule has 110 valence electrons. The molecule has 1 aromatic rings. The van der Waals surface area contributed by atoms with E-state index in [-0.39, 0.29) is 11.9 Å². The molecule has 0 bridgehead atoms. The lowest BCUT2D eigenvalue weighted by Gasteiger charge is -2.31. The van der Waals surface area contributed by atoms with E-state index in [1.165, 1.54) is 25.8 Å². The zero-order valence-electron chi connectivity index (χ0n) is 12.2. The topological polar surface area (TPSA) is 75.4 Å². The highest BCUT2D eigenvalue weighted by Gasteiger charge is 2.37. The highest BCUT2D eigenvalue weighted by molar-refractivity contribution is 5.96. The first kappa shape index (κ1) is 14.6. The van der Waals surface area contributed by atoms with Crippen LogP contribution in [0.1, 0.15) is 56.1 Å². The van der Waals surface area contributed by atoms with Gasteiger partial charge >= 0.3 is 5.97 Å². The number of rotatable bonds is 4. The van der Waals surface area contributed by atoms with Gasteiger partial charge in [0.25, 0.3) is 5.91 Å². The minimum absolute atomic E-state index is 0.255. The monoisotopic (exact) mass is 279 g/mol. The Labute approximate surface area is 118 Å². The van der Waals surface area contributed by atoms with Gasteiger partial charge in [0.05, 0.1) is 6.04 Å². The molecule has 0 aromatic carbocycles. The fraction of sp³-hybridized carbons (Fsp3) is 0.643. The predicted molar refractivity (Wildman–Crippen MR) is 73.5 cm³/mol. The Balaban J connectivity index is 2.26. The summed E-state index contributed by atoms with van der Waals surface area (Å²) < 4.78 is 1.75. The number of aromatic nitrogens is 2. The van der Waals surface area contributed by atoms with Crippen LogP contribution in [0.15, 0.2) is 12.3 Å². The van der Waals surface area contributed by atoms with E-state index in [0.717, 1.165) is 25.7 Å². The molecule has 6 nitrogen and oxygen atoms in total. The fourth-order valence-electron chi connectivity index (χ4n) is 2.49. The molecule has 20 heavy (non-hydrogen) atoms. The molecule has 0 saturated heterocycles. The molecule has 0 radical (unpaired) electrons. The molecular weight excluding hydrogens is 258 g/mol. The van der Waals surface area contributed by atoms with E-state index in [2.05, 4.69) is 5.10 Å². The van der Waals surface area contributed by atoms with Crippen molar-refractivity contribution in [3.63, 3.8) is 0 Å². The normalized spacial score (nSPS) is 16.4. The van der Waals surface area contributed by atoms with Gasteiger partial charge in [-0.3, -0.25) is 9.48 Å². The molecule has 0 spiro atoms. The molecule has 0 aliphatic heterocycles. The van der Waals surface area contributed by atoms with E-state index in [1.807, 2.05) is 0 Å². The Kier molecular flexibility index (Phi) is 3.83. The van der Waals surface area contributed by atoms with Crippen molar-refractivity contribution in [2.24, 2.45) is 0 Å². The van der Waals surface area contributed by atoms with Crippen LogP contribution in [0.4, 0.5) is 0 Å². The number of carboxylic acid groups (broad SMARTS) is 1. The Morgan fingerprint density at radius 3 is 2.55 bits per heavy atom. The summed E-state index contributed by atoms with van der Waals surface area (Å²) in [5.74, 6) is -1.33. The maximum atomic E-state index is 12.5. The Bertz CT molecular complexity index is 515. The molecule has 0 unspecified atom stereocenters. The third-order valence-corrected chi connectivity index (χ3v) is 4.23. The minimum atomic E-state index is -1.25. The van der Waals surface area contributed by atoms with Crippen molar-refractivity contribution in [3.05, 3.63) is 18.0 Å². The number of nitrogens with zero attached hydrogens (tertiary/aromatic N) is 3. The SMILES string of the molecule is CN(C(=O)c1ccnn1C1CCCC1)C(C)(C)C(=O)O. The van der Waals surface area contributed by atoms with Crippen LogP contribution in [0.25, 0.3) is 0 Å². The first-order valence-electron chi connectivity index (χ1n) is 6.90. The highest BCUT2D eigenvalue weighted by Crippen LogP contribution is 2.30. The first-order valence-corrected chi connectivity index (χ1v) is 6.90. The van der Waals surface area contributed by atoms with Crippen molar-refractivity contribution >= 4 is 11.9 Å². The third-order valence-electron chi connectivity index (χ3n) is 4.23. The smallest absolute Gasteiger partial charge is 0.329 e. The second-order valence-corrected chi connectivity index (χ2v) is 5.83. The predicted octanol–water partition coefficient (Wildman–Crippen LogP) is 1.93. The Morgan fingerprint density at radius 1 is 1.40 bits per heavy atom. The van der Waals surface area contributed by atoms with Gasteiger partial charge in [0.15, 0.2) is 0 Å². The lowest BCUT2D eigenvalue weighted by Crippen LogP contribution is -2.51. The number of hydrogen-bond acceptors (Lipinski definition) is 3. The van der Waals surface area contributed by atoms with Gasteiger partial charge in [0.2, 0.25) is 0 Å². The third kappa shape index (κ3) is 2.42. The second kappa shape index (κ2) is 5.26. The van der Waals surface area contributed by atoms with E-state index in [0.29, 0.717) is 5.69 Å².